The Hall–Kier alpha value is -0.170. The highest BCUT2D eigenvalue weighted by Crippen LogP contribution is 2.05. The van der Waals surface area contributed by atoms with E-state index in [0.717, 1.165) is 0 Å². The molecule has 6 heteroatoms. The third-order valence-corrected chi connectivity index (χ3v) is 1.96. The lowest BCUT2D eigenvalue weighted by Gasteiger charge is -2.01. The molecule has 1 heterocycles. The molecule has 0 amide bonds. The summed E-state index contributed by atoms with van der Waals surface area (Å²) >= 11 is 0. The molecule has 0 aromatic heterocycles. The first kappa shape index (κ1) is 6.94. The van der Waals surface area contributed by atoms with Gasteiger partial charge in [-0.1, -0.05) is 0 Å². The monoisotopic (exact) mass is 153 g/mol. The predicted molar refractivity (Wildman–Crippen MR) is 28.8 cm³/mol. The molecule has 1 atom stereocenters. The second kappa shape index (κ2) is 2.22. The Kier molecular flexibility index (Phi) is 1.71. The van der Waals surface area contributed by atoms with Crippen LogP contribution in [0.1, 0.15) is 0 Å². The van der Waals surface area contributed by atoms with E-state index in [2.05, 4.69) is 9.47 Å². The van der Waals surface area contributed by atoms with Crippen LogP contribution in [0.25, 0.3) is 0 Å². The van der Waals surface area contributed by atoms with E-state index in [-0.39, 0.29) is 13.4 Å². The minimum Gasteiger partial charge on any atom is -0.351 e. The van der Waals surface area contributed by atoms with Crippen LogP contribution in [0.4, 0.5) is 0 Å². The van der Waals surface area contributed by atoms with E-state index >= 15 is 0 Å². The summed E-state index contributed by atoms with van der Waals surface area (Å²) in [6.07, 6.45) is 0. The summed E-state index contributed by atoms with van der Waals surface area (Å²) in [5, 5.41) is 4.71. The molecular formula is C3H7NO4S. The maximum Gasteiger partial charge on any atom is 0.238 e. The van der Waals surface area contributed by atoms with Crippen molar-refractivity contribution in [3.8, 4) is 0 Å². The van der Waals surface area contributed by atoms with Gasteiger partial charge in [0.15, 0.2) is 5.44 Å². The van der Waals surface area contributed by atoms with Gasteiger partial charge < -0.3 is 9.47 Å². The van der Waals surface area contributed by atoms with Crippen LogP contribution in [0.2, 0.25) is 0 Å². The largest absolute Gasteiger partial charge is 0.351 e. The third-order valence-electron chi connectivity index (χ3n) is 0.958. The number of ether oxygens (including phenoxy) is 2. The van der Waals surface area contributed by atoms with Gasteiger partial charge in [0.25, 0.3) is 0 Å². The van der Waals surface area contributed by atoms with E-state index in [1.54, 1.807) is 0 Å². The molecular weight excluding hydrogens is 146 g/mol. The molecule has 1 rings (SSSR count). The Morgan fingerprint density at radius 2 is 2.22 bits per heavy atom. The highest BCUT2D eigenvalue weighted by molar-refractivity contribution is 7.89. The highest BCUT2D eigenvalue weighted by atomic mass is 32.2. The first-order valence-electron chi connectivity index (χ1n) is 2.31. The van der Waals surface area contributed by atoms with Gasteiger partial charge in [-0.05, 0) is 0 Å². The van der Waals surface area contributed by atoms with Crippen LogP contribution in [-0.4, -0.2) is 27.3 Å². The molecule has 0 saturated carbocycles. The highest BCUT2D eigenvalue weighted by Gasteiger charge is 2.26. The minimum absolute atomic E-state index is 0.0150. The molecule has 1 saturated heterocycles. The van der Waals surface area contributed by atoms with Gasteiger partial charge in [0, 0.05) is 0 Å². The van der Waals surface area contributed by atoms with Crippen molar-refractivity contribution in [2.24, 2.45) is 5.14 Å². The lowest BCUT2D eigenvalue weighted by atomic mass is 10.8. The van der Waals surface area contributed by atoms with Crippen molar-refractivity contribution < 1.29 is 17.9 Å². The van der Waals surface area contributed by atoms with Crippen molar-refractivity contribution in [1.29, 1.82) is 0 Å². The van der Waals surface area contributed by atoms with Crippen LogP contribution >= 0.6 is 0 Å². The molecule has 0 aromatic rings. The average molecular weight is 153 g/mol. The number of nitrogens with two attached hydrogens (primary N) is 1. The van der Waals surface area contributed by atoms with Gasteiger partial charge in [-0.3, -0.25) is 0 Å². The van der Waals surface area contributed by atoms with Gasteiger partial charge in [0.2, 0.25) is 10.0 Å². The zero-order valence-corrected chi connectivity index (χ0v) is 5.43. The van der Waals surface area contributed by atoms with Gasteiger partial charge in [-0.2, -0.15) is 0 Å². The standard InChI is InChI=1S/C3H7NO4S/c4-9(5,6)3-1-7-2-8-3/h3H,1-2H2,(H2,4,5,6). The Morgan fingerprint density at radius 1 is 1.56 bits per heavy atom. The smallest absolute Gasteiger partial charge is 0.238 e. The number of sulfonamides is 1. The normalized spacial score (nSPS) is 28.8. The topological polar surface area (TPSA) is 78.6 Å². The van der Waals surface area contributed by atoms with Crippen LogP contribution in [0.15, 0.2) is 0 Å². The SMILES string of the molecule is NS(=O)(=O)C1COCO1. The molecule has 5 nitrogen and oxygen atoms in total. The molecule has 1 aliphatic rings. The summed E-state index contributed by atoms with van der Waals surface area (Å²) in [4.78, 5) is 0. The number of rotatable bonds is 1. The summed E-state index contributed by atoms with van der Waals surface area (Å²) in [6, 6.07) is 0. The Labute approximate surface area is 52.8 Å². The van der Waals surface area contributed by atoms with E-state index in [4.69, 9.17) is 5.14 Å². The van der Waals surface area contributed by atoms with E-state index in [1.807, 2.05) is 0 Å². The molecule has 0 bridgehead atoms. The molecule has 1 aliphatic heterocycles. The van der Waals surface area contributed by atoms with Crippen molar-refractivity contribution >= 4 is 10.0 Å². The summed E-state index contributed by atoms with van der Waals surface area (Å²) in [7, 11) is -3.55. The molecule has 0 aromatic carbocycles. The van der Waals surface area contributed by atoms with Gasteiger partial charge in [-0.25, -0.2) is 13.6 Å². The molecule has 0 radical (unpaired) electrons. The van der Waals surface area contributed by atoms with Crippen LogP contribution in [-0.2, 0) is 19.5 Å². The Balaban J connectivity index is 2.63. The zero-order valence-electron chi connectivity index (χ0n) is 4.61. The molecule has 1 fully saturated rings. The number of hydrogen-bond acceptors (Lipinski definition) is 4. The summed E-state index contributed by atoms with van der Waals surface area (Å²) in [5.74, 6) is 0. The van der Waals surface area contributed by atoms with Gasteiger partial charge >= 0.3 is 0 Å². The molecule has 9 heavy (non-hydrogen) atoms. The summed E-state index contributed by atoms with van der Waals surface area (Å²) in [6.45, 7) is 0.0555. The predicted octanol–water partition coefficient (Wildman–Crippen LogP) is -1.39. The fraction of sp³-hybridized carbons (Fsp3) is 1.00. The second-order valence-corrected chi connectivity index (χ2v) is 3.38. The molecule has 1 unspecified atom stereocenters. The van der Waals surface area contributed by atoms with Crippen LogP contribution in [0.5, 0.6) is 0 Å². The summed E-state index contributed by atoms with van der Waals surface area (Å²) < 4.78 is 30.0. The fourth-order valence-corrected chi connectivity index (χ4v) is 1.04. The Morgan fingerprint density at radius 3 is 2.44 bits per heavy atom. The van der Waals surface area contributed by atoms with Crippen molar-refractivity contribution in [3.63, 3.8) is 0 Å². The Bertz CT molecular complexity index is 180. The maximum absolute atomic E-state index is 10.4. The van der Waals surface area contributed by atoms with Gasteiger partial charge in [-0.15, -0.1) is 0 Å². The maximum atomic E-state index is 10.4. The minimum atomic E-state index is -3.55. The van der Waals surface area contributed by atoms with Crippen LogP contribution in [0, 0.1) is 0 Å². The number of primary sulfonamides is 1. The van der Waals surface area contributed by atoms with Crippen molar-refractivity contribution in [1.82, 2.24) is 0 Å². The lowest BCUT2D eigenvalue weighted by Crippen LogP contribution is -2.29. The van der Waals surface area contributed by atoms with Crippen molar-refractivity contribution in [2.75, 3.05) is 13.4 Å². The van der Waals surface area contributed by atoms with Gasteiger partial charge in [0.1, 0.15) is 6.79 Å². The van der Waals surface area contributed by atoms with E-state index in [9.17, 15) is 8.42 Å². The average Bonchev–Trinajstić information content (AvgIpc) is 2.08. The molecule has 0 spiro atoms. The molecule has 2 N–H and O–H groups in total. The van der Waals surface area contributed by atoms with Crippen LogP contribution in [0.3, 0.4) is 0 Å². The molecule has 0 aliphatic carbocycles. The summed E-state index contributed by atoms with van der Waals surface area (Å²) in [5.41, 5.74) is -0.961. The van der Waals surface area contributed by atoms with Crippen molar-refractivity contribution in [3.05, 3.63) is 0 Å². The quantitative estimate of drug-likeness (QED) is 0.502. The number of hydrogen-bond donors (Lipinski definition) is 1. The lowest BCUT2D eigenvalue weighted by molar-refractivity contribution is 0.0624. The van der Waals surface area contributed by atoms with E-state index in [1.165, 1.54) is 0 Å². The van der Waals surface area contributed by atoms with E-state index in [0.29, 0.717) is 0 Å². The first-order valence-corrected chi connectivity index (χ1v) is 3.92. The fourth-order valence-electron chi connectivity index (χ4n) is 0.506. The van der Waals surface area contributed by atoms with Crippen molar-refractivity contribution in [2.45, 2.75) is 5.44 Å². The van der Waals surface area contributed by atoms with E-state index < -0.39 is 15.5 Å². The zero-order chi connectivity index (χ0) is 6.91. The molecule has 54 valence electrons. The van der Waals surface area contributed by atoms with Gasteiger partial charge in [0.05, 0.1) is 6.61 Å². The first-order chi connectivity index (χ1) is 4.11. The van der Waals surface area contributed by atoms with Crippen LogP contribution < -0.4 is 5.14 Å². The second-order valence-electron chi connectivity index (χ2n) is 1.67. The third kappa shape index (κ3) is 1.62.